The number of ether oxygens (including phenoxy) is 2. The zero-order chi connectivity index (χ0) is 14.5. The van der Waals surface area contributed by atoms with E-state index in [1.54, 1.807) is 25.3 Å². The molecule has 0 fully saturated rings. The highest BCUT2D eigenvalue weighted by Gasteiger charge is 2.13. The van der Waals surface area contributed by atoms with Crippen molar-refractivity contribution in [1.29, 1.82) is 0 Å². The highest BCUT2D eigenvalue weighted by atomic mass is 79.9. The van der Waals surface area contributed by atoms with Crippen LogP contribution in [0.2, 0.25) is 0 Å². The number of rotatable bonds is 5. The van der Waals surface area contributed by atoms with Crippen molar-refractivity contribution in [3.8, 4) is 11.5 Å². The zero-order valence-electron chi connectivity index (χ0n) is 11.1. The molecule has 0 spiro atoms. The summed E-state index contributed by atoms with van der Waals surface area (Å²) in [5.41, 5.74) is 0.666. The van der Waals surface area contributed by atoms with Crippen LogP contribution in [0.25, 0.3) is 0 Å². The van der Waals surface area contributed by atoms with Gasteiger partial charge in [0.05, 0.1) is 13.7 Å². The summed E-state index contributed by atoms with van der Waals surface area (Å²) < 4.78 is 11.5. The number of carbonyl (C=O) groups is 1. The molecule has 2 aromatic rings. The molecule has 4 nitrogen and oxygen atoms in total. The quantitative estimate of drug-likeness (QED) is 0.875. The fourth-order valence-electron chi connectivity index (χ4n) is 1.67. The lowest BCUT2D eigenvalue weighted by atomic mass is 10.2. The predicted octanol–water partition coefficient (Wildman–Crippen LogP) is 4.17. The third-order valence-electron chi connectivity index (χ3n) is 2.54. The molecule has 0 atom stereocenters. The van der Waals surface area contributed by atoms with E-state index in [9.17, 15) is 4.79 Å². The second-order valence-electron chi connectivity index (χ2n) is 3.85. The molecule has 20 heavy (non-hydrogen) atoms. The molecule has 2 rings (SSSR count). The maximum absolute atomic E-state index is 12.1. The minimum absolute atomic E-state index is 0.153. The SMILES string of the molecule is CCOc1cc(NC(=O)c2sccc2Br)ccc1OC. The van der Waals surface area contributed by atoms with Crippen LogP contribution in [0.4, 0.5) is 5.69 Å². The van der Waals surface area contributed by atoms with E-state index in [4.69, 9.17) is 9.47 Å². The number of nitrogens with one attached hydrogen (secondary N) is 1. The van der Waals surface area contributed by atoms with Crippen molar-refractivity contribution >= 4 is 38.9 Å². The van der Waals surface area contributed by atoms with Crippen LogP contribution in [-0.4, -0.2) is 19.6 Å². The molecule has 1 amide bonds. The number of amides is 1. The molecular weight excluding hydrogens is 342 g/mol. The van der Waals surface area contributed by atoms with E-state index in [-0.39, 0.29) is 5.91 Å². The molecule has 0 aliphatic carbocycles. The van der Waals surface area contributed by atoms with Crippen LogP contribution in [-0.2, 0) is 0 Å². The van der Waals surface area contributed by atoms with Gasteiger partial charge in [0.2, 0.25) is 0 Å². The van der Waals surface area contributed by atoms with E-state index in [2.05, 4.69) is 21.2 Å². The Bertz CT molecular complexity index is 612. The lowest BCUT2D eigenvalue weighted by Gasteiger charge is -2.11. The summed E-state index contributed by atoms with van der Waals surface area (Å²) in [6.07, 6.45) is 0. The van der Waals surface area contributed by atoms with Crippen molar-refractivity contribution in [3.05, 3.63) is 39.0 Å². The number of thiophene rings is 1. The summed E-state index contributed by atoms with van der Waals surface area (Å²) >= 11 is 4.73. The summed E-state index contributed by atoms with van der Waals surface area (Å²) in [5.74, 6) is 1.10. The molecular formula is C14H14BrNO3S. The first kappa shape index (κ1) is 14.9. The number of halogens is 1. The van der Waals surface area contributed by atoms with Gasteiger partial charge in [0.1, 0.15) is 4.88 Å². The van der Waals surface area contributed by atoms with E-state index >= 15 is 0 Å². The maximum Gasteiger partial charge on any atom is 0.266 e. The fourth-order valence-corrected chi connectivity index (χ4v) is 3.11. The summed E-state index contributed by atoms with van der Waals surface area (Å²) in [4.78, 5) is 12.8. The fraction of sp³-hybridized carbons (Fsp3) is 0.214. The van der Waals surface area contributed by atoms with Crippen molar-refractivity contribution in [1.82, 2.24) is 0 Å². The minimum atomic E-state index is -0.153. The lowest BCUT2D eigenvalue weighted by molar-refractivity contribution is 0.103. The second kappa shape index (κ2) is 6.76. The first-order valence-corrected chi connectivity index (χ1v) is 7.68. The molecule has 106 valence electrons. The Labute approximate surface area is 129 Å². The highest BCUT2D eigenvalue weighted by molar-refractivity contribution is 9.10. The Hall–Kier alpha value is -1.53. The van der Waals surface area contributed by atoms with Gasteiger partial charge in [-0.05, 0) is 46.4 Å². The third kappa shape index (κ3) is 3.32. The van der Waals surface area contributed by atoms with E-state index < -0.39 is 0 Å². The topological polar surface area (TPSA) is 47.6 Å². The van der Waals surface area contributed by atoms with Gasteiger partial charge in [-0.15, -0.1) is 11.3 Å². The molecule has 0 aliphatic rings. The van der Waals surface area contributed by atoms with Gasteiger partial charge in [-0.25, -0.2) is 0 Å². The van der Waals surface area contributed by atoms with Crippen molar-refractivity contribution in [2.75, 3.05) is 19.0 Å². The number of methoxy groups -OCH3 is 1. The van der Waals surface area contributed by atoms with Crippen LogP contribution in [0, 0.1) is 0 Å². The summed E-state index contributed by atoms with van der Waals surface area (Å²) in [6.45, 7) is 2.43. The van der Waals surface area contributed by atoms with Crippen molar-refractivity contribution in [2.24, 2.45) is 0 Å². The normalized spacial score (nSPS) is 10.2. The van der Waals surface area contributed by atoms with Gasteiger partial charge >= 0.3 is 0 Å². The molecule has 0 unspecified atom stereocenters. The van der Waals surface area contributed by atoms with Crippen LogP contribution >= 0.6 is 27.3 Å². The van der Waals surface area contributed by atoms with E-state index in [1.807, 2.05) is 18.4 Å². The van der Waals surface area contributed by atoms with Crippen LogP contribution in [0.1, 0.15) is 16.6 Å². The Morgan fingerprint density at radius 3 is 2.75 bits per heavy atom. The van der Waals surface area contributed by atoms with Crippen LogP contribution in [0.15, 0.2) is 34.1 Å². The molecule has 1 N–H and O–H groups in total. The smallest absolute Gasteiger partial charge is 0.266 e. The molecule has 0 saturated heterocycles. The standard InChI is InChI=1S/C14H14BrNO3S/c1-3-19-12-8-9(4-5-11(12)18-2)16-14(17)13-10(15)6-7-20-13/h4-8H,3H2,1-2H3,(H,16,17). The van der Waals surface area contributed by atoms with Crippen LogP contribution < -0.4 is 14.8 Å². The molecule has 6 heteroatoms. The maximum atomic E-state index is 12.1. The van der Waals surface area contributed by atoms with E-state index in [1.165, 1.54) is 11.3 Å². The highest BCUT2D eigenvalue weighted by Crippen LogP contribution is 2.31. The number of hydrogen-bond acceptors (Lipinski definition) is 4. The van der Waals surface area contributed by atoms with E-state index in [0.717, 1.165) is 4.47 Å². The predicted molar refractivity (Wildman–Crippen MR) is 84.1 cm³/mol. The summed E-state index contributed by atoms with van der Waals surface area (Å²) in [7, 11) is 1.58. The molecule has 0 bridgehead atoms. The Balaban J connectivity index is 2.19. The van der Waals surface area contributed by atoms with Gasteiger partial charge in [-0.2, -0.15) is 0 Å². The Kier molecular flexibility index (Phi) is 5.03. The molecule has 1 aromatic heterocycles. The molecule has 1 aromatic carbocycles. The van der Waals surface area contributed by atoms with Crippen molar-refractivity contribution in [2.45, 2.75) is 6.92 Å². The number of carbonyl (C=O) groups excluding carboxylic acids is 1. The number of hydrogen-bond donors (Lipinski definition) is 1. The molecule has 0 radical (unpaired) electrons. The molecule has 0 saturated carbocycles. The van der Waals surface area contributed by atoms with Crippen LogP contribution in [0.5, 0.6) is 11.5 Å². The number of benzene rings is 1. The second-order valence-corrected chi connectivity index (χ2v) is 5.62. The monoisotopic (exact) mass is 355 g/mol. The van der Waals surface area contributed by atoms with Crippen molar-refractivity contribution in [3.63, 3.8) is 0 Å². The number of anilines is 1. The van der Waals surface area contributed by atoms with Gasteiger partial charge in [0.15, 0.2) is 11.5 Å². The largest absolute Gasteiger partial charge is 0.493 e. The first-order valence-electron chi connectivity index (χ1n) is 6.01. The average Bonchev–Trinajstić information content (AvgIpc) is 2.86. The summed E-state index contributed by atoms with van der Waals surface area (Å²) in [5, 5.41) is 4.70. The van der Waals surface area contributed by atoms with Gasteiger partial charge < -0.3 is 14.8 Å². The Morgan fingerprint density at radius 2 is 2.15 bits per heavy atom. The van der Waals surface area contributed by atoms with Crippen LogP contribution in [0.3, 0.4) is 0 Å². The lowest BCUT2D eigenvalue weighted by Crippen LogP contribution is -2.11. The molecule has 0 aliphatic heterocycles. The third-order valence-corrected chi connectivity index (χ3v) is 4.38. The molecule has 1 heterocycles. The van der Waals surface area contributed by atoms with Gasteiger partial charge in [0, 0.05) is 16.2 Å². The van der Waals surface area contributed by atoms with Crippen molar-refractivity contribution < 1.29 is 14.3 Å². The minimum Gasteiger partial charge on any atom is -0.493 e. The van der Waals surface area contributed by atoms with E-state index in [0.29, 0.717) is 28.7 Å². The van der Waals surface area contributed by atoms with Gasteiger partial charge in [0.25, 0.3) is 5.91 Å². The average molecular weight is 356 g/mol. The zero-order valence-corrected chi connectivity index (χ0v) is 13.5. The summed E-state index contributed by atoms with van der Waals surface area (Å²) in [6, 6.07) is 7.14. The first-order chi connectivity index (χ1) is 9.65. The van der Waals surface area contributed by atoms with Gasteiger partial charge in [-0.3, -0.25) is 4.79 Å². The Morgan fingerprint density at radius 1 is 1.35 bits per heavy atom. The van der Waals surface area contributed by atoms with Gasteiger partial charge in [-0.1, -0.05) is 0 Å².